The number of carbonyl (C=O) groups excluding carboxylic acids is 1. The molecule has 5 rings (SSSR count). The van der Waals surface area contributed by atoms with Crippen molar-refractivity contribution < 1.29 is 19.8 Å². The number of hydrogen-bond acceptors (Lipinski definition) is 4. The van der Waals surface area contributed by atoms with Crippen molar-refractivity contribution in [2.75, 3.05) is 11.9 Å². The van der Waals surface area contributed by atoms with Gasteiger partial charge in [-0.3, -0.25) is 14.6 Å². The van der Waals surface area contributed by atoms with Gasteiger partial charge < -0.3 is 15.2 Å². The molecular weight excluding hydrogens is 420 g/mol. The first-order valence-corrected chi connectivity index (χ1v) is 10.5. The van der Waals surface area contributed by atoms with Gasteiger partial charge in [0.25, 0.3) is 5.91 Å². The van der Waals surface area contributed by atoms with Gasteiger partial charge in [-0.25, -0.2) is 9.78 Å². The van der Waals surface area contributed by atoms with Gasteiger partial charge in [-0.2, -0.15) is 0 Å². The number of nitrogens with zero attached hydrogens (tertiary/aromatic N) is 3. The normalized spacial score (nSPS) is 17.4. The Morgan fingerprint density at radius 2 is 1.85 bits per heavy atom. The quantitative estimate of drug-likeness (QED) is 0.445. The number of aromatic amines is 1. The van der Waals surface area contributed by atoms with Crippen molar-refractivity contribution in [3.63, 3.8) is 0 Å². The summed E-state index contributed by atoms with van der Waals surface area (Å²) in [6, 6.07) is 20.0. The standard InChI is InChI=1S/C25H22N4O4/c1-15-7-9-16(10-8-15)14-29-22(30)18-5-3-4-6-19(18)25(29,33)17-11-12-20-21(13-17)27-23(26-20)28(2)24(31)32/h3-13,33H,14H2,1-2H3,(H,26,27)(H,31,32). The van der Waals surface area contributed by atoms with Crippen LogP contribution in [0.1, 0.15) is 32.6 Å². The Kier molecular flexibility index (Phi) is 4.68. The van der Waals surface area contributed by atoms with Crippen molar-refractivity contribution in [2.24, 2.45) is 0 Å². The molecule has 8 nitrogen and oxygen atoms in total. The number of aromatic nitrogens is 2. The maximum absolute atomic E-state index is 13.4. The number of imidazole rings is 1. The van der Waals surface area contributed by atoms with Gasteiger partial charge in [-0.15, -0.1) is 0 Å². The number of fused-ring (bicyclic) bond motifs is 2. The van der Waals surface area contributed by atoms with E-state index in [4.69, 9.17) is 0 Å². The SMILES string of the molecule is Cc1ccc(CN2C(=O)c3ccccc3C2(O)c2ccc3[nH]c(N(C)C(=O)O)nc3c2)cc1. The van der Waals surface area contributed by atoms with Gasteiger partial charge in [0.05, 0.1) is 11.0 Å². The van der Waals surface area contributed by atoms with Gasteiger partial charge in [-0.1, -0.05) is 54.1 Å². The van der Waals surface area contributed by atoms with E-state index in [9.17, 15) is 19.8 Å². The maximum Gasteiger partial charge on any atom is 0.413 e. The Hall–Kier alpha value is -4.17. The van der Waals surface area contributed by atoms with Crippen LogP contribution >= 0.6 is 0 Å². The van der Waals surface area contributed by atoms with Crippen LogP contribution in [-0.4, -0.2) is 44.1 Å². The first kappa shape index (κ1) is 20.7. The Morgan fingerprint density at radius 3 is 2.58 bits per heavy atom. The van der Waals surface area contributed by atoms with Gasteiger partial charge in [-0.05, 0) is 30.7 Å². The fourth-order valence-electron chi connectivity index (χ4n) is 4.24. The van der Waals surface area contributed by atoms with E-state index in [1.54, 1.807) is 42.5 Å². The van der Waals surface area contributed by atoms with E-state index in [-0.39, 0.29) is 18.4 Å². The molecule has 3 N–H and O–H groups in total. The molecule has 1 unspecified atom stereocenters. The third kappa shape index (κ3) is 3.23. The summed E-state index contributed by atoms with van der Waals surface area (Å²) >= 11 is 0. The van der Waals surface area contributed by atoms with Crippen LogP contribution in [0.15, 0.2) is 66.7 Å². The second-order valence-electron chi connectivity index (χ2n) is 8.23. The number of benzene rings is 3. The van der Waals surface area contributed by atoms with Crippen LogP contribution in [-0.2, 0) is 12.3 Å². The topological polar surface area (TPSA) is 110 Å². The van der Waals surface area contributed by atoms with E-state index in [1.807, 2.05) is 31.2 Å². The number of aryl methyl sites for hydroxylation is 1. The van der Waals surface area contributed by atoms with Crippen LogP contribution in [0.25, 0.3) is 11.0 Å². The minimum Gasteiger partial charge on any atom is -0.465 e. The first-order valence-electron chi connectivity index (χ1n) is 10.5. The molecule has 1 atom stereocenters. The number of aliphatic hydroxyl groups is 1. The fraction of sp³-hybridized carbons (Fsp3) is 0.160. The molecule has 33 heavy (non-hydrogen) atoms. The molecule has 8 heteroatoms. The highest BCUT2D eigenvalue weighted by molar-refractivity contribution is 6.00. The summed E-state index contributed by atoms with van der Waals surface area (Å²) in [7, 11) is 1.39. The van der Waals surface area contributed by atoms with Gasteiger partial charge in [0.15, 0.2) is 5.72 Å². The monoisotopic (exact) mass is 442 g/mol. The summed E-state index contributed by atoms with van der Waals surface area (Å²) in [5.74, 6) is -0.0943. The molecular formula is C25H22N4O4. The zero-order valence-corrected chi connectivity index (χ0v) is 18.1. The van der Waals surface area contributed by atoms with E-state index in [1.165, 1.54) is 11.9 Å². The molecule has 1 aliphatic rings. The lowest BCUT2D eigenvalue weighted by Gasteiger charge is -2.35. The summed E-state index contributed by atoms with van der Waals surface area (Å²) in [4.78, 5) is 34.4. The molecule has 4 aromatic rings. The molecule has 0 saturated heterocycles. The number of carbonyl (C=O) groups is 2. The smallest absolute Gasteiger partial charge is 0.413 e. The van der Waals surface area contributed by atoms with E-state index >= 15 is 0 Å². The van der Waals surface area contributed by atoms with Crippen LogP contribution in [0, 0.1) is 6.92 Å². The first-order chi connectivity index (χ1) is 15.8. The second-order valence-corrected chi connectivity index (χ2v) is 8.23. The molecule has 3 aromatic carbocycles. The summed E-state index contributed by atoms with van der Waals surface area (Å²) in [6.45, 7) is 2.21. The molecule has 2 heterocycles. The number of rotatable bonds is 4. The summed E-state index contributed by atoms with van der Waals surface area (Å²) < 4.78 is 0. The highest BCUT2D eigenvalue weighted by Crippen LogP contribution is 2.43. The predicted molar refractivity (Wildman–Crippen MR) is 123 cm³/mol. The summed E-state index contributed by atoms with van der Waals surface area (Å²) in [6.07, 6.45) is -1.15. The summed E-state index contributed by atoms with van der Waals surface area (Å²) in [5, 5.41) is 21.3. The lowest BCUT2D eigenvalue weighted by Crippen LogP contribution is -2.44. The predicted octanol–water partition coefficient (Wildman–Crippen LogP) is 3.83. The molecule has 0 spiro atoms. The van der Waals surface area contributed by atoms with E-state index in [2.05, 4.69) is 9.97 Å². The maximum atomic E-state index is 13.4. The van der Waals surface area contributed by atoms with Crippen molar-refractivity contribution in [3.05, 3.63) is 94.5 Å². The minimum absolute atomic E-state index is 0.168. The Balaban J connectivity index is 1.63. The fourth-order valence-corrected chi connectivity index (χ4v) is 4.24. The number of nitrogens with one attached hydrogen (secondary N) is 1. The molecule has 166 valence electrons. The lowest BCUT2D eigenvalue weighted by molar-refractivity contribution is -0.0542. The molecule has 0 radical (unpaired) electrons. The van der Waals surface area contributed by atoms with E-state index in [0.717, 1.165) is 16.0 Å². The Morgan fingerprint density at radius 1 is 1.12 bits per heavy atom. The van der Waals surface area contributed by atoms with Crippen LogP contribution in [0.3, 0.4) is 0 Å². The molecule has 1 aromatic heterocycles. The number of amides is 2. The molecule has 0 bridgehead atoms. The lowest BCUT2D eigenvalue weighted by atomic mass is 9.93. The van der Waals surface area contributed by atoms with Crippen LogP contribution < -0.4 is 4.90 Å². The Labute approximate surface area is 189 Å². The van der Waals surface area contributed by atoms with Crippen molar-refractivity contribution in [1.82, 2.24) is 14.9 Å². The molecule has 1 aliphatic heterocycles. The van der Waals surface area contributed by atoms with Gasteiger partial charge in [0, 0.05) is 30.3 Å². The Bertz CT molecular complexity index is 1400. The number of anilines is 1. The molecule has 0 saturated carbocycles. The van der Waals surface area contributed by atoms with Crippen molar-refractivity contribution in [2.45, 2.75) is 19.2 Å². The van der Waals surface area contributed by atoms with Crippen molar-refractivity contribution in [1.29, 1.82) is 0 Å². The van der Waals surface area contributed by atoms with Gasteiger partial charge >= 0.3 is 6.09 Å². The molecule has 2 amide bonds. The highest BCUT2D eigenvalue weighted by Gasteiger charge is 2.49. The number of hydrogen-bond donors (Lipinski definition) is 3. The van der Waals surface area contributed by atoms with Crippen LogP contribution in [0.4, 0.5) is 10.7 Å². The highest BCUT2D eigenvalue weighted by atomic mass is 16.4. The number of carboxylic acid groups (broad SMARTS) is 1. The third-order valence-corrected chi connectivity index (χ3v) is 6.11. The summed E-state index contributed by atoms with van der Waals surface area (Å²) in [5.41, 5.74) is 2.81. The minimum atomic E-state index is -1.70. The van der Waals surface area contributed by atoms with E-state index in [0.29, 0.717) is 27.7 Å². The van der Waals surface area contributed by atoms with Crippen molar-refractivity contribution in [3.8, 4) is 0 Å². The average molecular weight is 442 g/mol. The second kappa shape index (κ2) is 7.46. The zero-order chi connectivity index (χ0) is 23.3. The number of H-pyrrole nitrogens is 1. The molecule has 0 aliphatic carbocycles. The van der Waals surface area contributed by atoms with Crippen LogP contribution in [0.2, 0.25) is 0 Å². The van der Waals surface area contributed by atoms with Gasteiger partial charge in [0.1, 0.15) is 0 Å². The van der Waals surface area contributed by atoms with Crippen LogP contribution in [0.5, 0.6) is 0 Å². The largest absolute Gasteiger partial charge is 0.465 e. The molecule has 0 fully saturated rings. The zero-order valence-electron chi connectivity index (χ0n) is 18.1. The third-order valence-electron chi connectivity index (χ3n) is 6.11. The van der Waals surface area contributed by atoms with E-state index < -0.39 is 11.8 Å². The van der Waals surface area contributed by atoms with Gasteiger partial charge in [0.2, 0.25) is 5.95 Å². The van der Waals surface area contributed by atoms with Crippen molar-refractivity contribution >= 4 is 29.0 Å². The average Bonchev–Trinajstić information content (AvgIpc) is 3.33.